The molecule has 1 aliphatic rings. The van der Waals surface area contributed by atoms with Crippen LogP contribution in [-0.2, 0) is 0 Å². The van der Waals surface area contributed by atoms with Crippen LogP contribution in [0.5, 0.6) is 0 Å². The standard InChI is InChI=1S/C10H15N3O3S/c14-7-10(4-2-1-3-5-10)12-9-11-6-8(17-9)13(15)16/h6,14H,1-5,7H2,(H,11,12). The monoisotopic (exact) mass is 257 g/mol. The SMILES string of the molecule is O=[N+]([O-])c1cnc(NC2(CO)CCCCC2)s1. The Morgan fingerprint density at radius 2 is 2.24 bits per heavy atom. The van der Waals surface area contributed by atoms with E-state index in [-0.39, 0.29) is 17.1 Å². The Morgan fingerprint density at radius 3 is 2.76 bits per heavy atom. The van der Waals surface area contributed by atoms with E-state index in [1.54, 1.807) is 0 Å². The van der Waals surface area contributed by atoms with Crippen LogP contribution in [0.3, 0.4) is 0 Å². The van der Waals surface area contributed by atoms with Crippen molar-refractivity contribution in [1.82, 2.24) is 4.98 Å². The van der Waals surface area contributed by atoms with Crippen molar-refractivity contribution in [3.63, 3.8) is 0 Å². The van der Waals surface area contributed by atoms with Crippen molar-refractivity contribution in [3.05, 3.63) is 16.3 Å². The molecule has 0 radical (unpaired) electrons. The first-order valence-corrected chi connectivity index (χ1v) is 6.46. The molecule has 1 heterocycles. The summed E-state index contributed by atoms with van der Waals surface area (Å²) >= 11 is 1.02. The van der Waals surface area contributed by atoms with Gasteiger partial charge in [0.2, 0.25) is 0 Å². The number of nitrogens with zero attached hydrogens (tertiary/aromatic N) is 2. The zero-order valence-electron chi connectivity index (χ0n) is 9.39. The maximum atomic E-state index is 10.6. The Labute approximate surface area is 103 Å². The Kier molecular flexibility index (Phi) is 3.58. The molecule has 1 fully saturated rings. The molecule has 0 unspecified atom stereocenters. The van der Waals surface area contributed by atoms with Crippen molar-refractivity contribution in [1.29, 1.82) is 0 Å². The van der Waals surface area contributed by atoms with Crippen molar-refractivity contribution >= 4 is 21.5 Å². The topological polar surface area (TPSA) is 88.3 Å². The molecule has 0 saturated heterocycles. The van der Waals surface area contributed by atoms with E-state index < -0.39 is 4.92 Å². The van der Waals surface area contributed by atoms with Crippen LogP contribution >= 0.6 is 11.3 Å². The van der Waals surface area contributed by atoms with Crippen LogP contribution in [-0.4, -0.2) is 27.2 Å². The highest BCUT2D eigenvalue weighted by atomic mass is 32.1. The van der Waals surface area contributed by atoms with Gasteiger partial charge in [-0.1, -0.05) is 19.3 Å². The van der Waals surface area contributed by atoms with E-state index in [0.717, 1.165) is 37.0 Å². The first kappa shape index (κ1) is 12.3. The number of hydrogen-bond acceptors (Lipinski definition) is 6. The summed E-state index contributed by atoms with van der Waals surface area (Å²) in [6, 6.07) is 0. The second-order valence-electron chi connectivity index (χ2n) is 4.38. The minimum atomic E-state index is -0.449. The van der Waals surface area contributed by atoms with Crippen LogP contribution in [0.15, 0.2) is 6.20 Å². The molecule has 0 aliphatic heterocycles. The predicted octanol–water partition coefficient (Wildman–Crippen LogP) is 2.16. The number of hydrogen-bond donors (Lipinski definition) is 2. The quantitative estimate of drug-likeness (QED) is 0.637. The summed E-state index contributed by atoms with van der Waals surface area (Å²) in [7, 11) is 0. The van der Waals surface area contributed by atoms with Crippen molar-refractivity contribution in [2.45, 2.75) is 37.6 Å². The van der Waals surface area contributed by atoms with Crippen LogP contribution in [0.25, 0.3) is 0 Å². The summed E-state index contributed by atoms with van der Waals surface area (Å²) in [4.78, 5) is 14.1. The summed E-state index contributed by atoms with van der Waals surface area (Å²) in [5.74, 6) is 0. The van der Waals surface area contributed by atoms with Gasteiger partial charge >= 0.3 is 5.00 Å². The molecular weight excluding hydrogens is 242 g/mol. The third-order valence-corrected chi connectivity index (χ3v) is 4.02. The number of rotatable bonds is 4. The van der Waals surface area contributed by atoms with Gasteiger partial charge in [0.15, 0.2) is 5.13 Å². The average molecular weight is 257 g/mol. The van der Waals surface area contributed by atoms with Gasteiger partial charge in [0.05, 0.1) is 17.1 Å². The average Bonchev–Trinajstić information content (AvgIpc) is 2.79. The molecule has 1 saturated carbocycles. The lowest BCUT2D eigenvalue weighted by Crippen LogP contribution is -2.43. The van der Waals surface area contributed by atoms with Crippen molar-refractivity contribution in [2.75, 3.05) is 11.9 Å². The van der Waals surface area contributed by atoms with E-state index >= 15 is 0 Å². The Morgan fingerprint density at radius 1 is 1.53 bits per heavy atom. The minimum absolute atomic E-state index is 0.0244. The summed E-state index contributed by atoms with van der Waals surface area (Å²) in [6.07, 6.45) is 6.35. The van der Waals surface area contributed by atoms with Crippen LogP contribution in [0, 0.1) is 10.1 Å². The van der Waals surface area contributed by atoms with Crippen LogP contribution < -0.4 is 5.32 Å². The second kappa shape index (κ2) is 4.97. The van der Waals surface area contributed by atoms with Gasteiger partial charge in [-0.2, -0.15) is 0 Å². The summed E-state index contributed by atoms with van der Waals surface area (Å²) in [6.45, 7) is 0.0420. The maximum absolute atomic E-state index is 10.6. The van der Waals surface area contributed by atoms with Gasteiger partial charge in [0, 0.05) is 0 Å². The fraction of sp³-hybridized carbons (Fsp3) is 0.700. The summed E-state index contributed by atoms with van der Waals surface area (Å²) in [5, 5.41) is 23.8. The zero-order valence-corrected chi connectivity index (χ0v) is 10.2. The van der Waals surface area contributed by atoms with Crippen LogP contribution in [0.4, 0.5) is 10.1 Å². The van der Waals surface area contributed by atoms with E-state index in [2.05, 4.69) is 10.3 Å². The van der Waals surface area contributed by atoms with Crippen LogP contribution in [0.2, 0.25) is 0 Å². The van der Waals surface area contributed by atoms with Gasteiger partial charge in [-0.3, -0.25) is 10.1 Å². The van der Waals surface area contributed by atoms with Gasteiger partial charge < -0.3 is 10.4 Å². The van der Waals surface area contributed by atoms with Crippen molar-refractivity contribution in [2.24, 2.45) is 0 Å². The third kappa shape index (κ3) is 2.73. The molecule has 1 aromatic heterocycles. The molecule has 0 bridgehead atoms. The molecule has 1 aromatic rings. The molecule has 0 atom stereocenters. The normalized spacial score (nSPS) is 18.9. The predicted molar refractivity (Wildman–Crippen MR) is 65.3 cm³/mol. The maximum Gasteiger partial charge on any atom is 0.345 e. The first-order valence-electron chi connectivity index (χ1n) is 5.64. The molecule has 2 N–H and O–H groups in total. The number of nitro groups is 1. The van der Waals surface area contributed by atoms with Gasteiger partial charge in [0.25, 0.3) is 0 Å². The van der Waals surface area contributed by atoms with Crippen molar-refractivity contribution < 1.29 is 10.0 Å². The fourth-order valence-corrected chi connectivity index (χ4v) is 2.94. The van der Waals surface area contributed by atoms with E-state index in [4.69, 9.17) is 0 Å². The number of nitrogens with one attached hydrogen (secondary N) is 1. The number of aliphatic hydroxyl groups excluding tert-OH is 1. The van der Waals surface area contributed by atoms with Gasteiger partial charge in [-0.05, 0) is 24.2 Å². The number of aromatic nitrogens is 1. The number of aliphatic hydroxyl groups is 1. The zero-order chi connectivity index (χ0) is 12.3. The third-order valence-electron chi connectivity index (χ3n) is 3.16. The lowest BCUT2D eigenvalue weighted by atomic mass is 9.82. The molecule has 0 aromatic carbocycles. The number of thiazole rings is 1. The second-order valence-corrected chi connectivity index (χ2v) is 5.39. The molecule has 7 heteroatoms. The largest absolute Gasteiger partial charge is 0.394 e. The Balaban J connectivity index is 2.09. The van der Waals surface area contributed by atoms with E-state index in [9.17, 15) is 15.2 Å². The lowest BCUT2D eigenvalue weighted by molar-refractivity contribution is -0.380. The Hall–Kier alpha value is -1.21. The first-order chi connectivity index (χ1) is 8.15. The molecule has 6 nitrogen and oxygen atoms in total. The minimum Gasteiger partial charge on any atom is -0.394 e. The highest BCUT2D eigenvalue weighted by Crippen LogP contribution is 2.34. The lowest BCUT2D eigenvalue weighted by Gasteiger charge is -2.36. The molecular formula is C10H15N3O3S. The number of anilines is 1. The fourth-order valence-electron chi connectivity index (χ4n) is 2.19. The van der Waals surface area contributed by atoms with E-state index in [0.29, 0.717) is 5.13 Å². The molecule has 17 heavy (non-hydrogen) atoms. The van der Waals surface area contributed by atoms with Gasteiger partial charge in [0.1, 0.15) is 6.20 Å². The Bertz CT molecular complexity index is 401. The molecule has 1 aliphatic carbocycles. The van der Waals surface area contributed by atoms with Gasteiger partial charge in [-0.25, -0.2) is 4.98 Å². The van der Waals surface area contributed by atoms with Crippen molar-refractivity contribution in [3.8, 4) is 0 Å². The van der Waals surface area contributed by atoms with Crippen LogP contribution in [0.1, 0.15) is 32.1 Å². The smallest absolute Gasteiger partial charge is 0.345 e. The van der Waals surface area contributed by atoms with E-state index in [1.807, 2.05) is 0 Å². The summed E-state index contributed by atoms with van der Waals surface area (Å²) < 4.78 is 0. The molecule has 94 valence electrons. The van der Waals surface area contributed by atoms with Gasteiger partial charge in [-0.15, -0.1) is 0 Å². The molecule has 2 rings (SSSR count). The molecule has 0 spiro atoms. The highest BCUT2D eigenvalue weighted by molar-refractivity contribution is 7.18. The highest BCUT2D eigenvalue weighted by Gasteiger charge is 2.32. The van der Waals surface area contributed by atoms with E-state index in [1.165, 1.54) is 12.6 Å². The molecule has 0 amide bonds. The summed E-state index contributed by atoms with van der Waals surface area (Å²) in [5.41, 5.74) is -0.343.